The van der Waals surface area contributed by atoms with Gasteiger partial charge >= 0.3 is 6.61 Å². The largest absolute Gasteiger partial charge is 0.497 e. The summed E-state index contributed by atoms with van der Waals surface area (Å²) in [4.78, 5) is 4.59. The number of ether oxygens (including phenoxy) is 4. The van der Waals surface area contributed by atoms with Crippen LogP contribution in [0.25, 0.3) is 0 Å². The van der Waals surface area contributed by atoms with Gasteiger partial charge in [-0.1, -0.05) is 6.07 Å². The van der Waals surface area contributed by atoms with Crippen LogP contribution < -0.4 is 29.6 Å². The molecule has 2 aromatic carbocycles. The molecule has 0 fully saturated rings. The van der Waals surface area contributed by atoms with Gasteiger partial charge in [0.15, 0.2) is 17.5 Å². The zero-order chi connectivity index (χ0) is 22.6. The van der Waals surface area contributed by atoms with Crippen LogP contribution in [-0.4, -0.2) is 47.0 Å². The first-order chi connectivity index (χ1) is 15.0. The molecular weight excluding hydrogens is 535 g/mol. The lowest BCUT2D eigenvalue weighted by atomic mass is 10.1. The second-order valence-corrected chi connectivity index (χ2v) is 6.41. The Balaban J connectivity index is 0.00000512. The Bertz CT molecular complexity index is 869. The fourth-order valence-corrected chi connectivity index (χ4v) is 2.88. The highest BCUT2D eigenvalue weighted by atomic mass is 127. The number of nitrogens with one attached hydrogen (secondary N) is 2. The maximum absolute atomic E-state index is 12.6. The SMILES string of the molecule is CCNC(=NCc1ccc(OC)cc1OC)NCCc1ccc(OC)c(OC(F)F)c1.I. The third kappa shape index (κ3) is 8.56. The highest BCUT2D eigenvalue weighted by Crippen LogP contribution is 2.29. The van der Waals surface area contributed by atoms with Gasteiger partial charge in [0, 0.05) is 24.7 Å². The van der Waals surface area contributed by atoms with E-state index in [2.05, 4.69) is 20.4 Å². The molecule has 2 rings (SSSR count). The topological polar surface area (TPSA) is 73.3 Å². The molecule has 0 aliphatic carbocycles. The van der Waals surface area contributed by atoms with Crippen molar-refractivity contribution in [1.29, 1.82) is 0 Å². The summed E-state index contributed by atoms with van der Waals surface area (Å²) < 4.78 is 45.4. The molecule has 2 aromatic rings. The summed E-state index contributed by atoms with van der Waals surface area (Å²) in [6.07, 6.45) is 0.583. The molecule has 32 heavy (non-hydrogen) atoms. The van der Waals surface area contributed by atoms with Gasteiger partial charge in [0.1, 0.15) is 11.5 Å². The zero-order valence-corrected chi connectivity index (χ0v) is 20.9. The monoisotopic (exact) mass is 565 g/mol. The van der Waals surface area contributed by atoms with Gasteiger partial charge in [-0.15, -0.1) is 24.0 Å². The van der Waals surface area contributed by atoms with Gasteiger partial charge in [-0.25, -0.2) is 4.99 Å². The molecule has 0 amide bonds. The number of methoxy groups -OCH3 is 3. The molecule has 0 unspecified atom stereocenters. The lowest BCUT2D eigenvalue weighted by molar-refractivity contribution is -0.0512. The Labute approximate surface area is 204 Å². The number of nitrogens with zero attached hydrogens (tertiary/aromatic N) is 1. The molecule has 178 valence electrons. The summed E-state index contributed by atoms with van der Waals surface area (Å²) in [6.45, 7) is 0.719. The number of hydrogen-bond acceptors (Lipinski definition) is 5. The Morgan fingerprint density at radius 3 is 2.31 bits per heavy atom. The van der Waals surface area contributed by atoms with Gasteiger partial charge in [0.25, 0.3) is 0 Å². The van der Waals surface area contributed by atoms with E-state index in [0.717, 1.165) is 11.1 Å². The van der Waals surface area contributed by atoms with Crippen LogP contribution >= 0.6 is 24.0 Å². The Morgan fingerprint density at radius 1 is 0.938 bits per heavy atom. The van der Waals surface area contributed by atoms with Crippen LogP contribution in [0.2, 0.25) is 0 Å². The first-order valence-electron chi connectivity index (χ1n) is 9.85. The first kappa shape index (κ1) is 27.5. The van der Waals surface area contributed by atoms with Crippen molar-refractivity contribution in [1.82, 2.24) is 10.6 Å². The van der Waals surface area contributed by atoms with Gasteiger partial charge < -0.3 is 29.6 Å². The average molecular weight is 565 g/mol. The fourth-order valence-electron chi connectivity index (χ4n) is 2.88. The van der Waals surface area contributed by atoms with Gasteiger partial charge in [0.2, 0.25) is 0 Å². The lowest BCUT2D eigenvalue weighted by Gasteiger charge is -2.14. The summed E-state index contributed by atoms with van der Waals surface area (Å²) in [5.74, 6) is 2.33. The minimum atomic E-state index is -2.91. The Morgan fingerprint density at radius 2 is 1.69 bits per heavy atom. The molecular formula is C22H30F2IN3O4. The van der Waals surface area contributed by atoms with Crippen LogP contribution in [0.5, 0.6) is 23.0 Å². The molecule has 0 heterocycles. The normalized spacial score (nSPS) is 10.9. The predicted octanol–water partition coefficient (Wildman–Crippen LogP) is 4.23. The number of benzene rings is 2. The van der Waals surface area contributed by atoms with E-state index in [0.29, 0.717) is 43.5 Å². The summed E-state index contributed by atoms with van der Waals surface area (Å²) >= 11 is 0. The molecule has 0 aromatic heterocycles. The Hall–Kier alpha value is -2.50. The third-order valence-electron chi connectivity index (χ3n) is 4.40. The van der Waals surface area contributed by atoms with Crippen LogP contribution in [0.3, 0.4) is 0 Å². The second kappa shape index (κ2) is 14.5. The average Bonchev–Trinajstić information content (AvgIpc) is 2.77. The second-order valence-electron chi connectivity index (χ2n) is 6.41. The van der Waals surface area contributed by atoms with Crippen molar-refractivity contribution in [2.75, 3.05) is 34.4 Å². The minimum Gasteiger partial charge on any atom is -0.497 e. The highest BCUT2D eigenvalue weighted by molar-refractivity contribution is 14.0. The molecule has 7 nitrogen and oxygen atoms in total. The first-order valence-corrected chi connectivity index (χ1v) is 9.85. The van der Waals surface area contributed by atoms with E-state index in [-0.39, 0.29) is 35.5 Å². The molecule has 10 heteroatoms. The van der Waals surface area contributed by atoms with Crippen molar-refractivity contribution < 1.29 is 27.7 Å². The maximum Gasteiger partial charge on any atom is 0.387 e. The summed E-state index contributed by atoms with van der Waals surface area (Å²) in [6, 6.07) is 10.6. The van der Waals surface area contributed by atoms with E-state index in [4.69, 9.17) is 14.2 Å². The number of guanidine groups is 1. The molecule has 0 atom stereocenters. The summed E-state index contributed by atoms with van der Waals surface area (Å²) in [7, 11) is 4.61. The quantitative estimate of drug-likeness (QED) is 0.242. The van der Waals surface area contributed by atoms with Gasteiger partial charge in [-0.3, -0.25) is 0 Å². The molecule has 0 aliphatic rings. The zero-order valence-electron chi connectivity index (χ0n) is 18.6. The van der Waals surface area contributed by atoms with Crippen LogP contribution in [0, 0.1) is 0 Å². The smallest absolute Gasteiger partial charge is 0.387 e. The highest BCUT2D eigenvalue weighted by Gasteiger charge is 2.11. The van der Waals surface area contributed by atoms with E-state index in [1.54, 1.807) is 26.4 Å². The summed E-state index contributed by atoms with van der Waals surface area (Å²) in [5.41, 5.74) is 1.75. The van der Waals surface area contributed by atoms with Gasteiger partial charge in [0.05, 0.1) is 27.9 Å². The summed E-state index contributed by atoms with van der Waals surface area (Å²) in [5, 5.41) is 6.43. The molecule has 0 spiro atoms. The van der Waals surface area contributed by atoms with Crippen LogP contribution in [0.15, 0.2) is 41.4 Å². The minimum absolute atomic E-state index is 0. The van der Waals surface area contributed by atoms with Crippen molar-refractivity contribution >= 4 is 29.9 Å². The lowest BCUT2D eigenvalue weighted by Crippen LogP contribution is -2.38. The van der Waals surface area contributed by atoms with Crippen molar-refractivity contribution in [3.63, 3.8) is 0 Å². The van der Waals surface area contributed by atoms with E-state index >= 15 is 0 Å². The number of alkyl halides is 2. The van der Waals surface area contributed by atoms with E-state index in [1.165, 1.54) is 7.11 Å². The number of halogens is 3. The van der Waals surface area contributed by atoms with Crippen molar-refractivity contribution in [3.8, 4) is 23.0 Å². The van der Waals surface area contributed by atoms with E-state index < -0.39 is 6.61 Å². The molecule has 0 saturated heterocycles. The molecule has 0 bridgehead atoms. The van der Waals surface area contributed by atoms with Gasteiger partial charge in [-0.2, -0.15) is 8.78 Å². The third-order valence-corrected chi connectivity index (χ3v) is 4.40. The maximum atomic E-state index is 12.6. The number of rotatable bonds is 11. The number of hydrogen-bond donors (Lipinski definition) is 2. The molecule has 2 N–H and O–H groups in total. The van der Waals surface area contributed by atoms with Crippen molar-refractivity contribution in [3.05, 3.63) is 47.5 Å². The van der Waals surface area contributed by atoms with Crippen LogP contribution in [-0.2, 0) is 13.0 Å². The molecule has 0 radical (unpaired) electrons. The molecule has 0 aliphatic heterocycles. The fraction of sp³-hybridized carbons (Fsp3) is 0.409. The van der Waals surface area contributed by atoms with Crippen molar-refractivity contribution in [2.45, 2.75) is 26.5 Å². The van der Waals surface area contributed by atoms with Gasteiger partial charge in [-0.05, 0) is 43.2 Å². The van der Waals surface area contributed by atoms with Crippen LogP contribution in [0.4, 0.5) is 8.78 Å². The van der Waals surface area contributed by atoms with E-state index in [9.17, 15) is 8.78 Å². The van der Waals surface area contributed by atoms with E-state index in [1.807, 2.05) is 31.2 Å². The Kier molecular flexibility index (Phi) is 12.5. The predicted molar refractivity (Wildman–Crippen MR) is 131 cm³/mol. The van der Waals surface area contributed by atoms with Crippen molar-refractivity contribution in [2.24, 2.45) is 4.99 Å². The number of aliphatic imine (C=N–C) groups is 1. The molecule has 0 saturated carbocycles. The standard InChI is InChI=1S/C22H29F2N3O4.HI/c1-5-25-22(27-14-16-7-8-17(28-2)13-19(16)30-4)26-11-10-15-6-9-18(29-3)20(12-15)31-21(23)24;/h6-9,12-13,21H,5,10-11,14H2,1-4H3,(H2,25,26,27);1H. The van der Waals surface area contributed by atoms with Crippen LogP contribution in [0.1, 0.15) is 18.1 Å².